The first-order valence-corrected chi connectivity index (χ1v) is 5.92. The summed E-state index contributed by atoms with van der Waals surface area (Å²) in [4.78, 5) is 21.2. The molecule has 0 aliphatic heterocycles. The van der Waals surface area contributed by atoms with Crippen LogP contribution in [0.4, 0.5) is 5.69 Å². The monoisotopic (exact) mass is 312 g/mol. The van der Waals surface area contributed by atoms with Crippen LogP contribution in [0.15, 0.2) is 28.8 Å². The SMILES string of the molecule is NNC(=O)c1cc(COc2ccc([N+](=O)[O-])cc2Cl)on1. The topological polar surface area (TPSA) is 134 Å². The Morgan fingerprint density at radius 2 is 2.29 bits per heavy atom. The lowest BCUT2D eigenvalue weighted by atomic mass is 10.3. The standard InChI is InChI=1S/C11H9ClN4O5/c12-8-3-6(16(18)19)1-2-10(8)20-5-7-4-9(15-21-7)11(17)14-13/h1-4H,5,13H2,(H,14,17). The van der Waals surface area contributed by atoms with Crippen molar-refractivity contribution in [1.82, 2.24) is 10.6 Å². The minimum atomic E-state index is -0.599. The summed E-state index contributed by atoms with van der Waals surface area (Å²) in [6, 6.07) is 5.14. The van der Waals surface area contributed by atoms with E-state index in [1.165, 1.54) is 24.3 Å². The van der Waals surface area contributed by atoms with Crippen molar-refractivity contribution in [3.8, 4) is 5.75 Å². The zero-order valence-electron chi connectivity index (χ0n) is 10.4. The molecular formula is C11H9ClN4O5. The molecule has 0 aliphatic carbocycles. The number of halogens is 1. The maximum Gasteiger partial charge on any atom is 0.287 e. The van der Waals surface area contributed by atoms with Crippen LogP contribution in [0.25, 0.3) is 0 Å². The smallest absolute Gasteiger partial charge is 0.287 e. The van der Waals surface area contributed by atoms with Crippen molar-refractivity contribution in [2.45, 2.75) is 6.61 Å². The molecule has 110 valence electrons. The van der Waals surface area contributed by atoms with Gasteiger partial charge in [-0.3, -0.25) is 20.3 Å². The van der Waals surface area contributed by atoms with Crippen molar-refractivity contribution < 1.29 is 19.0 Å². The zero-order valence-corrected chi connectivity index (χ0v) is 11.2. The largest absolute Gasteiger partial charge is 0.484 e. The van der Waals surface area contributed by atoms with Gasteiger partial charge in [-0.25, -0.2) is 5.84 Å². The van der Waals surface area contributed by atoms with Gasteiger partial charge in [-0.05, 0) is 6.07 Å². The molecule has 0 bridgehead atoms. The van der Waals surface area contributed by atoms with Gasteiger partial charge in [0, 0.05) is 18.2 Å². The summed E-state index contributed by atoms with van der Waals surface area (Å²) >= 11 is 5.86. The Balaban J connectivity index is 2.04. The molecule has 10 heteroatoms. The van der Waals surface area contributed by atoms with E-state index in [2.05, 4.69) is 5.16 Å². The molecule has 1 aromatic heterocycles. The van der Waals surface area contributed by atoms with Gasteiger partial charge in [0.2, 0.25) is 0 Å². The van der Waals surface area contributed by atoms with E-state index in [9.17, 15) is 14.9 Å². The van der Waals surface area contributed by atoms with Crippen LogP contribution in [0.5, 0.6) is 5.75 Å². The molecule has 0 aliphatic rings. The van der Waals surface area contributed by atoms with Crippen molar-refractivity contribution in [2.75, 3.05) is 0 Å². The summed E-state index contributed by atoms with van der Waals surface area (Å²) < 4.78 is 10.2. The molecule has 0 saturated carbocycles. The lowest BCUT2D eigenvalue weighted by Crippen LogP contribution is -2.30. The van der Waals surface area contributed by atoms with E-state index in [0.29, 0.717) is 0 Å². The molecule has 0 atom stereocenters. The lowest BCUT2D eigenvalue weighted by Gasteiger charge is -2.05. The minimum Gasteiger partial charge on any atom is -0.484 e. The van der Waals surface area contributed by atoms with Crippen molar-refractivity contribution in [1.29, 1.82) is 0 Å². The van der Waals surface area contributed by atoms with Gasteiger partial charge >= 0.3 is 0 Å². The molecule has 21 heavy (non-hydrogen) atoms. The Labute approximate surface area is 122 Å². The van der Waals surface area contributed by atoms with Gasteiger partial charge in [-0.15, -0.1) is 0 Å². The molecule has 0 radical (unpaired) electrons. The van der Waals surface area contributed by atoms with Gasteiger partial charge in [-0.2, -0.15) is 0 Å². The van der Waals surface area contributed by atoms with Gasteiger partial charge in [0.05, 0.1) is 9.95 Å². The number of aromatic nitrogens is 1. The normalized spacial score (nSPS) is 10.2. The number of benzene rings is 1. The molecule has 1 aromatic carbocycles. The third-order valence-corrected chi connectivity index (χ3v) is 2.71. The number of hydrazine groups is 1. The molecule has 1 heterocycles. The third kappa shape index (κ3) is 3.46. The second kappa shape index (κ2) is 6.20. The van der Waals surface area contributed by atoms with Gasteiger partial charge in [0.15, 0.2) is 11.5 Å². The summed E-state index contributed by atoms with van der Waals surface area (Å²) in [5.41, 5.74) is 1.77. The molecule has 9 nitrogen and oxygen atoms in total. The van der Waals surface area contributed by atoms with Crippen molar-refractivity contribution in [3.63, 3.8) is 0 Å². The first-order valence-electron chi connectivity index (χ1n) is 5.54. The number of amides is 1. The number of rotatable bonds is 5. The number of carbonyl (C=O) groups is 1. The zero-order chi connectivity index (χ0) is 15.4. The predicted molar refractivity (Wildman–Crippen MR) is 70.6 cm³/mol. The van der Waals surface area contributed by atoms with Gasteiger partial charge in [0.1, 0.15) is 12.4 Å². The highest BCUT2D eigenvalue weighted by Crippen LogP contribution is 2.29. The van der Waals surface area contributed by atoms with E-state index < -0.39 is 10.8 Å². The number of carbonyl (C=O) groups excluding carboxylic acids is 1. The van der Waals surface area contributed by atoms with Crippen LogP contribution in [0.3, 0.4) is 0 Å². The van der Waals surface area contributed by atoms with Crippen LogP contribution >= 0.6 is 11.6 Å². The molecule has 0 saturated heterocycles. The van der Waals surface area contributed by atoms with Crippen LogP contribution in [0.1, 0.15) is 16.2 Å². The molecule has 0 spiro atoms. The fourth-order valence-corrected chi connectivity index (χ4v) is 1.66. The average Bonchev–Trinajstić information content (AvgIpc) is 2.93. The van der Waals surface area contributed by atoms with E-state index in [4.69, 9.17) is 26.7 Å². The fourth-order valence-electron chi connectivity index (χ4n) is 1.43. The highest BCUT2D eigenvalue weighted by atomic mass is 35.5. The van der Waals surface area contributed by atoms with Crippen LogP contribution in [-0.2, 0) is 6.61 Å². The maximum atomic E-state index is 11.2. The Bertz CT molecular complexity index is 687. The predicted octanol–water partition coefficient (Wildman–Crippen LogP) is 1.42. The Hall–Kier alpha value is -2.65. The van der Waals surface area contributed by atoms with Gasteiger partial charge in [-0.1, -0.05) is 16.8 Å². The Morgan fingerprint density at radius 3 is 2.90 bits per heavy atom. The molecule has 0 fully saturated rings. The van der Waals surface area contributed by atoms with Crippen LogP contribution in [0.2, 0.25) is 5.02 Å². The number of nitrogens with zero attached hydrogens (tertiary/aromatic N) is 2. The summed E-state index contributed by atoms with van der Waals surface area (Å²) in [7, 11) is 0. The van der Waals surface area contributed by atoms with Crippen molar-refractivity contribution in [2.24, 2.45) is 5.84 Å². The number of non-ortho nitro benzene ring substituents is 1. The summed E-state index contributed by atoms with van der Waals surface area (Å²) in [6.07, 6.45) is 0. The average molecular weight is 313 g/mol. The third-order valence-electron chi connectivity index (χ3n) is 2.42. The maximum absolute atomic E-state index is 11.2. The van der Waals surface area contributed by atoms with E-state index in [1.807, 2.05) is 5.43 Å². The number of hydrogen-bond acceptors (Lipinski definition) is 7. The number of nitro benzene ring substituents is 1. The van der Waals surface area contributed by atoms with Crippen LogP contribution < -0.4 is 16.0 Å². The fraction of sp³-hybridized carbons (Fsp3) is 0.0909. The number of nitrogens with two attached hydrogens (primary N) is 1. The quantitative estimate of drug-likeness (QED) is 0.369. The minimum absolute atomic E-state index is 0.00546. The van der Waals surface area contributed by atoms with E-state index >= 15 is 0 Å². The summed E-state index contributed by atoms with van der Waals surface area (Å²) in [5, 5.41) is 14.1. The lowest BCUT2D eigenvalue weighted by molar-refractivity contribution is -0.384. The number of nitro groups is 1. The van der Waals surface area contributed by atoms with Gasteiger partial charge < -0.3 is 9.26 Å². The Kier molecular flexibility index (Phi) is 4.36. The second-order valence-corrected chi connectivity index (χ2v) is 4.22. The summed E-state index contributed by atoms with van der Waals surface area (Å²) in [5.74, 6) is 4.86. The summed E-state index contributed by atoms with van der Waals surface area (Å²) in [6.45, 7) is -0.0532. The second-order valence-electron chi connectivity index (χ2n) is 3.81. The van der Waals surface area contributed by atoms with E-state index in [1.54, 1.807) is 0 Å². The van der Waals surface area contributed by atoms with Crippen LogP contribution in [0, 0.1) is 10.1 Å². The first-order chi connectivity index (χ1) is 10.0. The molecule has 0 unspecified atom stereocenters. The number of nitrogen functional groups attached to an aromatic ring is 1. The molecule has 3 N–H and O–H groups in total. The first kappa shape index (κ1) is 14.8. The van der Waals surface area contributed by atoms with Gasteiger partial charge in [0.25, 0.3) is 11.6 Å². The number of hydrogen-bond donors (Lipinski definition) is 2. The highest BCUT2D eigenvalue weighted by Gasteiger charge is 2.13. The molecule has 1 amide bonds. The number of ether oxygens (including phenoxy) is 1. The van der Waals surface area contributed by atoms with Crippen LogP contribution in [-0.4, -0.2) is 16.0 Å². The van der Waals surface area contributed by atoms with Crippen molar-refractivity contribution >= 4 is 23.2 Å². The van der Waals surface area contributed by atoms with Crippen molar-refractivity contribution in [3.05, 3.63) is 50.9 Å². The van der Waals surface area contributed by atoms with E-state index in [0.717, 1.165) is 0 Å². The molecule has 2 aromatic rings. The molecule has 2 rings (SSSR count). The molecular weight excluding hydrogens is 304 g/mol. The highest BCUT2D eigenvalue weighted by molar-refractivity contribution is 6.32. The number of nitrogens with one attached hydrogen (secondary N) is 1. The van der Waals surface area contributed by atoms with E-state index in [-0.39, 0.29) is 34.5 Å². The Morgan fingerprint density at radius 1 is 1.52 bits per heavy atom.